The standard InChI is InChI=1S/C27H34N4O6/c1-18-21-7-6-20(32)15-24(21)37-29-22(18)9-10-28-25(33)17-31-13-11-30(12-14-31)16-19-5-8-23(34-2)27(36-4)26(19)35-3/h5-8,15H,9-14,16-17H2,1-4H3,(H,28,33). The highest BCUT2D eigenvalue weighted by atomic mass is 16.5. The number of benzene rings is 2. The van der Waals surface area contributed by atoms with Crippen LogP contribution in [0.4, 0.5) is 0 Å². The normalized spacial score (nSPS) is 14.5. The number of amides is 1. The first-order chi connectivity index (χ1) is 17.9. The Hall–Kier alpha value is -3.63. The van der Waals surface area contributed by atoms with Crippen molar-refractivity contribution in [3.05, 3.63) is 57.4 Å². The topological polar surface area (TPSA) is 106 Å². The van der Waals surface area contributed by atoms with Crippen LogP contribution in [0, 0.1) is 6.92 Å². The third-order valence-corrected chi connectivity index (χ3v) is 6.74. The maximum atomic E-state index is 12.5. The van der Waals surface area contributed by atoms with E-state index >= 15 is 0 Å². The van der Waals surface area contributed by atoms with Crippen molar-refractivity contribution in [2.75, 3.05) is 60.6 Å². The summed E-state index contributed by atoms with van der Waals surface area (Å²) in [5.74, 6) is 2.38. The summed E-state index contributed by atoms with van der Waals surface area (Å²) in [5, 5.41) is 7.11. The number of fused-ring (bicyclic) bond motifs is 1. The van der Waals surface area contributed by atoms with E-state index in [0.717, 1.165) is 55.1 Å². The molecule has 0 bridgehead atoms. The highest BCUT2D eigenvalue weighted by Gasteiger charge is 2.22. The van der Waals surface area contributed by atoms with Gasteiger partial charge in [-0.05, 0) is 30.7 Å². The van der Waals surface area contributed by atoms with Crippen molar-refractivity contribution >= 4 is 5.91 Å². The Morgan fingerprint density at radius 1 is 1.00 bits per heavy atom. The van der Waals surface area contributed by atoms with Crippen LogP contribution in [0.25, 0.3) is 11.3 Å². The van der Waals surface area contributed by atoms with E-state index in [1.54, 1.807) is 27.4 Å². The quantitative estimate of drug-likeness (QED) is 0.438. The summed E-state index contributed by atoms with van der Waals surface area (Å²) in [7, 11) is 4.84. The molecular formula is C27H34N4O6. The first-order valence-electron chi connectivity index (χ1n) is 12.3. The molecule has 1 amide bonds. The van der Waals surface area contributed by atoms with Gasteiger partial charge in [-0.3, -0.25) is 19.4 Å². The average Bonchev–Trinajstić information content (AvgIpc) is 2.90. The molecule has 0 saturated carbocycles. The Bertz CT molecular complexity index is 1250. The number of methoxy groups -OCH3 is 3. The van der Waals surface area contributed by atoms with Crippen LogP contribution in [0.2, 0.25) is 0 Å². The Morgan fingerprint density at radius 2 is 1.73 bits per heavy atom. The number of nitrogens with one attached hydrogen (secondary N) is 1. The number of carbonyl (C=O) groups is 1. The molecule has 0 atom stereocenters. The molecular weight excluding hydrogens is 476 g/mol. The maximum absolute atomic E-state index is 12.5. The minimum atomic E-state index is -0.112. The van der Waals surface area contributed by atoms with E-state index in [2.05, 4.69) is 20.3 Å². The van der Waals surface area contributed by atoms with Crippen LogP contribution in [-0.2, 0) is 17.8 Å². The smallest absolute Gasteiger partial charge is 0.234 e. The molecule has 10 heteroatoms. The largest absolute Gasteiger partial charge is 0.493 e. The second-order valence-electron chi connectivity index (χ2n) is 9.06. The molecule has 0 radical (unpaired) electrons. The van der Waals surface area contributed by atoms with E-state index in [1.165, 1.54) is 12.1 Å². The number of aromatic nitrogens is 1. The first kappa shape index (κ1) is 26.4. The van der Waals surface area contributed by atoms with E-state index in [9.17, 15) is 9.59 Å². The van der Waals surface area contributed by atoms with Crippen LogP contribution in [0.1, 0.15) is 16.8 Å². The van der Waals surface area contributed by atoms with Gasteiger partial charge in [0.1, 0.15) is 0 Å². The molecule has 1 aromatic carbocycles. The number of hydrogen-bond donors (Lipinski definition) is 1. The van der Waals surface area contributed by atoms with Crippen molar-refractivity contribution in [3.63, 3.8) is 0 Å². The summed E-state index contributed by atoms with van der Waals surface area (Å²) < 4.78 is 21.9. The lowest BCUT2D eigenvalue weighted by molar-refractivity contribution is -0.122. The molecule has 0 unspecified atom stereocenters. The van der Waals surface area contributed by atoms with Gasteiger partial charge in [0.15, 0.2) is 22.7 Å². The lowest BCUT2D eigenvalue weighted by Gasteiger charge is -2.34. The Balaban J connectivity index is 1.24. The predicted octanol–water partition coefficient (Wildman–Crippen LogP) is 1.95. The van der Waals surface area contributed by atoms with Crippen LogP contribution in [0.15, 0.2) is 39.6 Å². The fraction of sp³-hybridized carbons (Fsp3) is 0.444. The predicted molar refractivity (Wildman–Crippen MR) is 139 cm³/mol. The molecule has 2 heterocycles. The van der Waals surface area contributed by atoms with E-state index in [1.807, 2.05) is 19.1 Å². The molecule has 1 fully saturated rings. The van der Waals surface area contributed by atoms with Gasteiger partial charge in [-0.2, -0.15) is 0 Å². The summed E-state index contributed by atoms with van der Waals surface area (Å²) in [6.45, 7) is 6.78. The van der Waals surface area contributed by atoms with Gasteiger partial charge in [-0.1, -0.05) is 11.2 Å². The van der Waals surface area contributed by atoms with Gasteiger partial charge in [0.2, 0.25) is 11.7 Å². The summed E-state index contributed by atoms with van der Waals surface area (Å²) in [6, 6.07) is 8.59. The van der Waals surface area contributed by atoms with Crippen molar-refractivity contribution in [3.8, 4) is 28.6 Å². The highest BCUT2D eigenvalue weighted by molar-refractivity contribution is 5.78. The Morgan fingerprint density at radius 3 is 2.43 bits per heavy atom. The van der Waals surface area contributed by atoms with Gasteiger partial charge < -0.3 is 24.1 Å². The number of ether oxygens (including phenoxy) is 3. The number of piperazine rings is 1. The highest BCUT2D eigenvalue weighted by Crippen LogP contribution is 2.40. The average molecular weight is 511 g/mol. The molecule has 0 spiro atoms. The van der Waals surface area contributed by atoms with Crippen molar-refractivity contribution in [2.24, 2.45) is 0 Å². The van der Waals surface area contributed by atoms with E-state index < -0.39 is 0 Å². The van der Waals surface area contributed by atoms with E-state index in [4.69, 9.17) is 18.7 Å². The number of nitrogens with zero attached hydrogens (tertiary/aromatic N) is 3. The molecule has 37 heavy (non-hydrogen) atoms. The van der Waals surface area contributed by atoms with Crippen LogP contribution < -0.4 is 25.0 Å². The van der Waals surface area contributed by atoms with E-state index in [0.29, 0.717) is 42.5 Å². The van der Waals surface area contributed by atoms with Gasteiger partial charge in [-0.25, -0.2) is 0 Å². The van der Waals surface area contributed by atoms with Crippen molar-refractivity contribution in [1.29, 1.82) is 0 Å². The number of rotatable bonds is 10. The van der Waals surface area contributed by atoms with Crippen molar-refractivity contribution in [1.82, 2.24) is 20.3 Å². The second kappa shape index (κ2) is 12.1. The lowest BCUT2D eigenvalue weighted by atomic mass is 10.0. The summed E-state index contributed by atoms with van der Waals surface area (Å²) >= 11 is 0. The zero-order valence-corrected chi connectivity index (χ0v) is 21.8. The molecule has 1 N–H and O–H groups in total. The summed E-state index contributed by atoms with van der Waals surface area (Å²) in [4.78, 5) is 28.5. The molecule has 1 saturated heterocycles. The Labute approximate surface area is 216 Å². The van der Waals surface area contributed by atoms with Crippen molar-refractivity contribution < 1.29 is 23.5 Å². The molecule has 3 aliphatic rings. The van der Waals surface area contributed by atoms with Gasteiger partial charge in [-0.15, -0.1) is 0 Å². The summed E-state index contributed by atoms with van der Waals surface area (Å²) in [5.41, 5.74) is 3.51. The van der Waals surface area contributed by atoms with Gasteiger partial charge >= 0.3 is 0 Å². The Kier molecular flexibility index (Phi) is 8.62. The monoisotopic (exact) mass is 510 g/mol. The SMILES string of the molecule is COc1ccc(CN2CCN(CC(=O)NCCc3noc4cc(=O)ccc-4c3C)CC2)c(OC)c1OC. The molecule has 1 aliphatic carbocycles. The van der Waals surface area contributed by atoms with Gasteiger partial charge in [0, 0.05) is 62.9 Å². The molecule has 1 aromatic rings. The molecule has 2 aliphatic heterocycles. The molecule has 198 valence electrons. The molecule has 10 nitrogen and oxygen atoms in total. The second-order valence-corrected chi connectivity index (χ2v) is 9.06. The minimum absolute atomic E-state index is 0.0126. The zero-order chi connectivity index (χ0) is 26.4. The lowest BCUT2D eigenvalue weighted by Crippen LogP contribution is -2.49. The van der Waals surface area contributed by atoms with Crippen LogP contribution in [0.3, 0.4) is 0 Å². The maximum Gasteiger partial charge on any atom is 0.234 e. The number of hydrogen-bond acceptors (Lipinski definition) is 9. The van der Waals surface area contributed by atoms with Crippen LogP contribution in [-0.4, -0.2) is 81.5 Å². The minimum Gasteiger partial charge on any atom is -0.493 e. The summed E-state index contributed by atoms with van der Waals surface area (Å²) in [6.07, 6.45) is 0.553. The molecule has 4 rings (SSSR count). The zero-order valence-electron chi connectivity index (χ0n) is 21.8. The fourth-order valence-electron chi connectivity index (χ4n) is 4.66. The number of carbonyl (C=O) groups excluding carboxylic acids is 1. The first-order valence-corrected chi connectivity index (χ1v) is 12.3. The third-order valence-electron chi connectivity index (χ3n) is 6.74. The molecule has 0 aromatic heterocycles. The van der Waals surface area contributed by atoms with Gasteiger partial charge in [0.05, 0.1) is 33.6 Å². The van der Waals surface area contributed by atoms with Gasteiger partial charge in [0.25, 0.3) is 0 Å². The third kappa shape index (κ3) is 6.20. The van der Waals surface area contributed by atoms with Crippen LogP contribution >= 0.6 is 0 Å². The van der Waals surface area contributed by atoms with Crippen LogP contribution in [0.5, 0.6) is 17.2 Å². The van der Waals surface area contributed by atoms with E-state index in [-0.39, 0.29) is 11.3 Å². The van der Waals surface area contributed by atoms with Crippen molar-refractivity contribution in [2.45, 2.75) is 19.9 Å². The fourth-order valence-corrected chi connectivity index (χ4v) is 4.66.